The van der Waals surface area contributed by atoms with Crippen LogP contribution in [0.3, 0.4) is 0 Å². The zero-order valence-corrected chi connectivity index (χ0v) is 5.83. The van der Waals surface area contributed by atoms with Gasteiger partial charge in [0, 0.05) is 5.57 Å². The first-order valence-corrected chi connectivity index (χ1v) is 3.13. The molecule has 0 saturated carbocycles. The molecule has 0 aliphatic heterocycles. The summed E-state index contributed by atoms with van der Waals surface area (Å²) < 4.78 is 23.9. The lowest BCUT2D eigenvalue weighted by Gasteiger charge is -2.00. The summed E-state index contributed by atoms with van der Waals surface area (Å²) in [6, 6.07) is 0. The first-order chi connectivity index (χ1) is 4.63. The predicted molar refractivity (Wildman–Crippen MR) is 35.8 cm³/mol. The molecule has 4 heteroatoms. The maximum atomic E-state index is 11.9. The number of hydrogen-bond donors (Lipinski definition) is 1. The summed E-state index contributed by atoms with van der Waals surface area (Å²) in [6.07, 6.45) is -0.812. The van der Waals surface area contributed by atoms with Crippen LogP contribution in [0.4, 0.5) is 8.78 Å². The molecule has 0 aromatic heterocycles. The van der Waals surface area contributed by atoms with Gasteiger partial charge in [0.15, 0.2) is 0 Å². The van der Waals surface area contributed by atoms with Gasteiger partial charge in [-0.3, -0.25) is 0 Å². The standard InChI is InChI=1S/C6H6ClF2N/c7-4-2-1-3(5(4)10)6(8)9/h2,6H,1,10H2. The molecular weight excluding hydrogens is 160 g/mol. The average Bonchev–Trinajstić information content (AvgIpc) is 2.14. The highest BCUT2D eigenvalue weighted by Crippen LogP contribution is 2.28. The second kappa shape index (κ2) is 2.58. The summed E-state index contributed by atoms with van der Waals surface area (Å²) in [5, 5.41) is 0.246. The van der Waals surface area contributed by atoms with Gasteiger partial charge in [0.25, 0.3) is 6.43 Å². The van der Waals surface area contributed by atoms with E-state index >= 15 is 0 Å². The Morgan fingerprint density at radius 2 is 2.20 bits per heavy atom. The molecule has 0 heterocycles. The van der Waals surface area contributed by atoms with Crippen LogP contribution >= 0.6 is 11.6 Å². The van der Waals surface area contributed by atoms with Gasteiger partial charge in [0.05, 0.1) is 10.7 Å². The van der Waals surface area contributed by atoms with Crippen LogP contribution in [0.1, 0.15) is 6.42 Å². The van der Waals surface area contributed by atoms with Crippen molar-refractivity contribution in [3.8, 4) is 0 Å². The highest BCUT2D eigenvalue weighted by molar-refractivity contribution is 6.32. The summed E-state index contributed by atoms with van der Waals surface area (Å²) in [5.41, 5.74) is 5.20. The number of nitrogens with two attached hydrogens (primary N) is 1. The third kappa shape index (κ3) is 1.14. The molecular formula is C6H6ClF2N. The third-order valence-corrected chi connectivity index (χ3v) is 1.73. The van der Waals surface area contributed by atoms with Crippen LogP contribution in [-0.2, 0) is 0 Å². The van der Waals surface area contributed by atoms with Crippen LogP contribution in [0.2, 0.25) is 0 Å². The largest absolute Gasteiger partial charge is 0.397 e. The van der Waals surface area contributed by atoms with Crippen molar-refractivity contribution < 1.29 is 8.78 Å². The highest BCUT2D eigenvalue weighted by Gasteiger charge is 2.20. The molecule has 10 heavy (non-hydrogen) atoms. The number of rotatable bonds is 1. The zero-order chi connectivity index (χ0) is 7.72. The van der Waals surface area contributed by atoms with Gasteiger partial charge >= 0.3 is 0 Å². The monoisotopic (exact) mass is 165 g/mol. The van der Waals surface area contributed by atoms with Crippen molar-refractivity contribution in [3.63, 3.8) is 0 Å². The maximum absolute atomic E-state index is 11.9. The van der Waals surface area contributed by atoms with E-state index in [1.165, 1.54) is 6.08 Å². The fraction of sp³-hybridized carbons (Fsp3) is 0.333. The second-order valence-corrected chi connectivity index (χ2v) is 2.40. The van der Waals surface area contributed by atoms with Gasteiger partial charge in [-0.1, -0.05) is 17.7 Å². The molecule has 0 amide bonds. The molecule has 0 spiro atoms. The SMILES string of the molecule is NC1=C(C(F)F)CC=C1Cl. The zero-order valence-electron chi connectivity index (χ0n) is 5.07. The molecule has 56 valence electrons. The molecule has 2 N–H and O–H groups in total. The minimum absolute atomic E-state index is 0.0386. The Bertz CT molecular complexity index is 208. The van der Waals surface area contributed by atoms with E-state index in [0.29, 0.717) is 0 Å². The summed E-state index contributed by atoms with van der Waals surface area (Å²) in [7, 11) is 0. The topological polar surface area (TPSA) is 26.0 Å². The Kier molecular flexibility index (Phi) is 1.94. The third-order valence-electron chi connectivity index (χ3n) is 1.37. The summed E-state index contributed by atoms with van der Waals surface area (Å²) >= 11 is 5.45. The molecule has 1 aliphatic carbocycles. The van der Waals surface area contributed by atoms with E-state index in [2.05, 4.69) is 0 Å². The van der Waals surface area contributed by atoms with Crippen molar-refractivity contribution in [3.05, 3.63) is 22.4 Å². The van der Waals surface area contributed by atoms with E-state index in [1.807, 2.05) is 0 Å². The lowest BCUT2D eigenvalue weighted by molar-refractivity contribution is 0.187. The Balaban J connectivity index is 2.84. The number of halogens is 3. The van der Waals surface area contributed by atoms with E-state index in [4.69, 9.17) is 17.3 Å². The first-order valence-electron chi connectivity index (χ1n) is 2.75. The van der Waals surface area contributed by atoms with Gasteiger partial charge < -0.3 is 5.73 Å². The van der Waals surface area contributed by atoms with Crippen molar-refractivity contribution in [2.45, 2.75) is 12.8 Å². The molecule has 1 nitrogen and oxygen atoms in total. The highest BCUT2D eigenvalue weighted by atomic mass is 35.5. The van der Waals surface area contributed by atoms with Crippen molar-refractivity contribution in [1.29, 1.82) is 0 Å². The quantitative estimate of drug-likeness (QED) is 0.632. The minimum atomic E-state index is -2.48. The van der Waals surface area contributed by atoms with E-state index in [-0.39, 0.29) is 22.7 Å². The Hall–Kier alpha value is -0.570. The van der Waals surface area contributed by atoms with Gasteiger partial charge in [0.2, 0.25) is 0 Å². The lowest BCUT2D eigenvalue weighted by atomic mass is 10.2. The van der Waals surface area contributed by atoms with Crippen LogP contribution in [0.5, 0.6) is 0 Å². The van der Waals surface area contributed by atoms with Crippen molar-refractivity contribution >= 4 is 11.6 Å². The average molecular weight is 166 g/mol. The van der Waals surface area contributed by atoms with Gasteiger partial charge in [0.1, 0.15) is 0 Å². The van der Waals surface area contributed by atoms with Gasteiger partial charge in [-0.15, -0.1) is 0 Å². The van der Waals surface area contributed by atoms with Gasteiger partial charge in [-0.25, -0.2) is 8.78 Å². The molecule has 0 fully saturated rings. The van der Waals surface area contributed by atoms with E-state index in [1.54, 1.807) is 0 Å². The van der Waals surface area contributed by atoms with E-state index in [9.17, 15) is 8.78 Å². The summed E-state index contributed by atoms with van der Waals surface area (Å²) in [5.74, 6) is 0. The Morgan fingerprint density at radius 3 is 2.40 bits per heavy atom. The molecule has 0 atom stereocenters. The fourth-order valence-corrected chi connectivity index (χ4v) is 0.978. The van der Waals surface area contributed by atoms with Gasteiger partial charge in [-0.05, 0) is 6.42 Å². The van der Waals surface area contributed by atoms with Crippen LogP contribution in [0, 0.1) is 0 Å². The Labute approximate surface area is 62.2 Å². The number of alkyl halides is 2. The lowest BCUT2D eigenvalue weighted by Crippen LogP contribution is -2.04. The smallest absolute Gasteiger partial charge is 0.262 e. The van der Waals surface area contributed by atoms with Crippen LogP contribution in [0.25, 0.3) is 0 Å². The molecule has 1 rings (SSSR count). The summed E-state index contributed by atoms with van der Waals surface area (Å²) in [4.78, 5) is 0. The minimum Gasteiger partial charge on any atom is -0.397 e. The van der Waals surface area contributed by atoms with Crippen LogP contribution < -0.4 is 5.73 Å². The van der Waals surface area contributed by atoms with Crippen molar-refractivity contribution in [1.82, 2.24) is 0 Å². The molecule has 0 radical (unpaired) electrons. The van der Waals surface area contributed by atoms with Crippen LogP contribution in [0.15, 0.2) is 22.4 Å². The molecule has 0 aromatic carbocycles. The normalized spacial score (nSPS) is 18.6. The molecule has 0 saturated heterocycles. The molecule has 0 unspecified atom stereocenters. The molecule has 0 aromatic rings. The van der Waals surface area contributed by atoms with E-state index < -0.39 is 6.43 Å². The number of hydrogen-bond acceptors (Lipinski definition) is 1. The maximum Gasteiger partial charge on any atom is 0.262 e. The van der Waals surface area contributed by atoms with Gasteiger partial charge in [-0.2, -0.15) is 0 Å². The van der Waals surface area contributed by atoms with Crippen LogP contribution in [-0.4, -0.2) is 6.43 Å². The van der Waals surface area contributed by atoms with Crippen molar-refractivity contribution in [2.24, 2.45) is 5.73 Å². The fourth-order valence-electron chi connectivity index (χ4n) is 0.779. The number of allylic oxidation sites excluding steroid dienone is 3. The second-order valence-electron chi connectivity index (χ2n) is 2.00. The molecule has 1 aliphatic rings. The predicted octanol–water partition coefficient (Wildman–Crippen LogP) is 1.99. The van der Waals surface area contributed by atoms with E-state index in [0.717, 1.165) is 0 Å². The first kappa shape index (κ1) is 7.54. The molecule has 0 bridgehead atoms. The summed E-state index contributed by atoms with van der Waals surface area (Å²) in [6.45, 7) is 0. The Morgan fingerprint density at radius 1 is 1.60 bits per heavy atom. The van der Waals surface area contributed by atoms with Crippen molar-refractivity contribution in [2.75, 3.05) is 0 Å².